The van der Waals surface area contributed by atoms with Crippen LogP contribution in [-0.2, 0) is 0 Å². The molecule has 2 aromatic rings. The zero-order valence-electron chi connectivity index (χ0n) is 11.2. The van der Waals surface area contributed by atoms with Gasteiger partial charge < -0.3 is 15.5 Å². The second kappa shape index (κ2) is 3.16. The molecule has 0 aromatic carbocycles. The molecule has 1 aliphatic rings. The molecule has 0 unspecified atom stereocenters. The van der Waals surface area contributed by atoms with Crippen molar-refractivity contribution in [2.45, 2.75) is 33.7 Å². The van der Waals surface area contributed by atoms with E-state index in [0.717, 1.165) is 11.5 Å². The number of anilines is 2. The average Bonchev–Trinajstić information content (AvgIpc) is 2.68. The summed E-state index contributed by atoms with van der Waals surface area (Å²) in [7, 11) is 0. The summed E-state index contributed by atoms with van der Waals surface area (Å²) in [5, 5.41) is 3.49. The second-order valence-electron chi connectivity index (χ2n) is 6.19. The lowest BCUT2D eigenvalue weighted by molar-refractivity contribution is 0.457. The summed E-state index contributed by atoms with van der Waals surface area (Å²) in [6, 6.07) is 0.389. The highest BCUT2D eigenvalue weighted by Gasteiger charge is 2.65. The Bertz CT molecular complexity index is 597. The van der Waals surface area contributed by atoms with E-state index in [-0.39, 0.29) is 10.8 Å². The highest BCUT2D eigenvalue weighted by molar-refractivity contribution is 5.66. The first-order chi connectivity index (χ1) is 8.34. The highest BCUT2D eigenvalue weighted by atomic mass is 15.2. The van der Waals surface area contributed by atoms with Gasteiger partial charge in [-0.3, -0.25) is 0 Å². The van der Waals surface area contributed by atoms with E-state index in [2.05, 4.69) is 43.0 Å². The quantitative estimate of drug-likeness (QED) is 0.850. The molecule has 5 heteroatoms. The molecule has 1 saturated carbocycles. The van der Waals surface area contributed by atoms with Crippen molar-refractivity contribution in [2.75, 3.05) is 11.1 Å². The SMILES string of the molecule is CC1(C)C(Nc2nc(N)cn3ccnc23)C1(C)C. The van der Waals surface area contributed by atoms with Crippen LogP contribution in [0.5, 0.6) is 0 Å². The Labute approximate surface area is 106 Å². The molecule has 3 N–H and O–H groups in total. The molecule has 0 amide bonds. The molecule has 0 aliphatic heterocycles. The molecular weight excluding hydrogens is 226 g/mol. The Morgan fingerprint density at radius 3 is 2.56 bits per heavy atom. The largest absolute Gasteiger partial charge is 0.382 e. The minimum atomic E-state index is 0.253. The maximum atomic E-state index is 5.82. The molecule has 0 bridgehead atoms. The first-order valence-corrected chi connectivity index (χ1v) is 6.20. The van der Waals surface area contributed by atoms with Gasteiger partial charge in [0.15, 0.2) is 11.5 Å². The van der Waals surface area contributed by atoms with E-state index in [9.17, 15) is 0 Å². The summed E-state index contributed by atoms with van der Waals surface area (Å²) in [4.78, 5) is 8.69. The average molecular weight is 245 g/mol. The third-order valence-corrected chi connectivity index (χ3v) is 4.69. The molecule has 2 aromatic heterocycles. The van der Waals surface area contributed by atoms with Crippen molar-refractivity contribution in [3.8, 4) is 0 Å². The summed E-state index contributed by atoms with van der Waals surface area (Å²) in [6.45, 7) is 9.05. The van der Waals surface area contributed by atoms with Crippen LogP contribution in [0, 0.1) is 10.8 Å². The molecule has 1 aliphatic carbocycles. The van der Waals surface area contributed by atoms with Gasteiger partial charge in [-0.1, -0.05) is 27.7 Å². The van der Waals surface area contributed by atoms with Gasteiger partial charge in [-0.05, 0) is 10.8 Å². The van der Waals surface area contributed by atoms with Crippen LogP contribution in [-0.4, -0.2) is 20.4 Å². The van der Waals surface area contributed by atoms with Crippen LogP contribution in [0.25, 0.3) is 5.65 Å². The number of aromatic nitrogens is 3. The summed E-state index contributed by atoms with van der Waals surface area (Å²) in [5.41, 5.74) is 7.14. The molecule has 0 atom stereocenters. The molecule has 3 rings (SSSR count). The number of hydrogen-bond donors (Lipinski definition) is 2. The van der Waals surface area contributed by atoms with E-state index in [0.29, 0.717) is 11.9 Å². The van der Waals surface area contributed by atoms with Crippen LogP contribution in [0.15, 0.2) is 18.6 Å². The van der Waals surface area contributed by atoms with Crippen LogP contribution in [0.1, 0.15) is 27.7 Å². The van der Waals surface area contributed by atoms with Gasteiger partial charge in [-0.2, -0.15) is 0 Å². The van der Waals surface area contributed by atoms with Gasteiger partial charge in [-0.15, -0.1) is 0 Å². The fraction of sp³-hybridized carbons (Fsp3) is 0.538. The maximum absolute atomic E-state index is 5.82. The zero-order chi connectivity index (χ0) is 13.1. The monoisotopic (exact) mass is 245 g/mol. The van der Waals surface area contributed by atoms with Crippen molar-refractivity contribution in [1.82, 2.24) is 14.4 Å². The summed E-state index contributed by atoms with van der Waals surface area (Å²) < 4.78 is 1.90. The van der Waals surface area contributed by atoms with Gasteiger partial charge in [0.2, 0.25) is 0 Å². The number of rotatable bonds is 2. The first kappa shape index (κ1) is 11.3. The fourth-order valence-electron chi connectivity index (χ4n) is 2.74. The Morgan fingerprint density at radius 1 is 1.28 bits per heavy atom. The molecule has 18 heavy (non-hydrogen) atoms. The predicted octanol–water partition coefficient (Wildman–Crippen LogP) is 2.16. The number of fused-ring (bicyclic) bond motifs is 1. The van der Waals surface area contributed by atoms with Crippen LogP contribution in [0.4, 0.5) is 11.6 Å². The van der Waals surface area contributed by atoms with Gasteiger partial charge in [0.05, 0.1) is 6.20 Å². The third-order valence-electron chi connectivity index (χ3n) is 4.69. The summed E-state index contributed by atoms with van der Waals surface area (Å²) in [5.74, 6) is 1.27. The number of nitrogen functional groups attached to an aromatic ring is 1. The number of imidazole rings is 1. The summed E-state index contributed by atoms with van der Waals surface area (Å²) in [6.07, 6.45) is 5.41. The van der Waals surface area contributed by atoms with Crippen molar-refractivity contribution < 1.29 is 0 Å². The molecule has 5 nitrogen and oxygen atoms in total. The van der Waals surface area contributed by atoms with Crippen molar-refractivity contribution in [3.63, 3.8) is 0 Å². The van der Waals surface area contributed by atoms with Gasteiger partial charge >= 0.3 is 0 Å². The normalized spacial score (nSPS) is 21.1. The van der Waals surface area contributed by atoms with Crippen molar-refractivity contribution in [1.29, 1.82) is 0 Å². The van der Waals surface area contributed by atoms with E-state index in [1.165, 1.54) is 0 Å². The molecule has 2 heterocycles. The molecular formula is C13H19N5. The van der Waals surface area contributed by atoms with Crippen LogP contribution in [0.3, 0.4) is 0 Å². The van der Waals surface area contributed by atoms with E-state index >= 15 is 0 Å². The minimum absolute atomic E-state index is 0.253. The standard InChI is InChI=1S/C13H19N5/c1-12(2)11(13(12,3)4)17-9-10-15-5-6-18(10)7-8(14)16-9/h5-7,11H,14H2,1-4H3,(H,16,17). The maximum Gasteiger partial charge on any atom is 0.180 e. The van der Waals surface area contributed by atoms with Crippen LogP contribution in [0.2, 0.25) is 0 Å². The zero-order valence-corrected chi connectivity index (χ0v) is 11.2. The smallest absolute Gasteiger partial charge is 0.180 e. The Hall–Kier alpha value is -1.78. The van der Waals surface area contributed by atoms with Crippen molar-refractivity contribution in [2.24, 2.45) is 10.8 Å². The summed E-state index contributed by atoms with van der Waals surface area (Å²) >= 11 is 0. The third kappa shape index (κ3) is 1.33. The number of nitrogens with two attached hydrogens (primary N) is 1. The van der Waals surface area contributed by atoms with Gasteiger partial charge in [0.25, 0.3) is 0 Å². The van der Waals surface area contributed by atoms with Crippen LogP contribution < -0.4 is 11.1 Å². The first-order valence-electron chi connectivity index (χ1n) is 6.20. The topological polar surface area (TPSA) is 68.2 Å². The Kier molecular flexibility index (Phi) is 1.99. The van der Waals surface area contributed by atoms with E-state index in [1.807, 2.05) is 10.6 Å². The lowest BCUT2D eigenvalue weighted by atomic mass is 10.0. The lowest BCUT2D eigenvalue weighted by Crippen LogP contribution is -2.13. The Balaban J connectivity index is 1.99. The fourth-order valence-corrected chi connectivity index (χ4v) is 2.74. The number of hydrogen-bond acceptors (Lipinski definition) is 4. The molecule has 96 valence electrons. The van der Waals surface area contributed by atoms with E-state index < -0.39 is 0 Å². The van der Waals surface area contributed by atoms with Crippen molar-refractivity contribution >= 4 is 17.3 Å². The number of nitrogens with one attached hydrogen (secondary N) is 1. The van der Waals surface area contributed by atoms with Crippen LogP contribution >= 0.6 is 0 Å². The van der Waals surface area contributed by atoms with E-state index in [4.69, 9.17) is 5.73 Å². The predicted molar refractivity (Wildman–Crippen MR) is 72.4 cm³/mol. The second-order valence-corrected chi connectivity index (χ2v) is 6.19. The van der Waals surface area contributed by atoms with Gasteiger partial charge in [0.1, 0.15) is 5.82 Å². The lowest BCUT2D eigenvalue weighted by Gasteiger charge is -2.09. The van der Waals surface area contributed by atoms with Gasteiger partial charge in [-0.25, -0.2) is 9.97 Å². The highest BCUT2D eigenvalue weighted by Crippen LogP contribution is 2.63. The molecule has 0 radical (unpaired) electrons. The molecule has 0 saturated heterocycles. The molecule has 1 fully saturated rings. The van der Waals surface area contributed by atoms with E-state index in [1.54, 1.807) is 12.4 Å². The van der Waals surface area contributed by atoms with Crippen molar-refractivity contribution in [3.05, 3.63) is 18.6 Å². The van der Waals surface area contributed by atoms with Gasteiger partial charge in [0, 0.05) is 18.4 Å². The number of nitrogens with zero attached hydrogens (tertiary/aromatic N) is 3. The molecule has 0 spiro atoms. The Morgan fingerprint density at radius 2 is 1.94 bits per heavy atom. The minimum Gasteiger partial charge on any atom is -0.382 e.